The maximum atomic E-state index is 13.6. The van der Waals surface area contributed by atoms with Gasteiger partial charge in [-0.2, -0.15) is 21.6 Å². The van der Waals surface area contributed by atoms with E-state index in [4.69, 9.17) is 4.84 Å². The first kappa shape index (κ1) is 32.2. The van der Waals surface area contributed by atoms with Gasteiger partial charge in [0.15, 0.2) is 11.5 Å². The molecule has 0 amide bonds. The Kier molecular flexibility index (Phi) is 9.10. The minimum atomic E-state index is -5.33. The van der Waals surface area contributed by atoms with Crippen LogP contribution < -0.4 is 19.5 Å². The largest absolute Gasteiger partial charge is 0.573 e. The fraction of sp³-hybridized carbons (Fsp3) is 0.227. The van der Waals surface area contributed by atoms with Crippen molar-refractivity contribution in [2.45, 2.75) is 36.4 Å². The zero-order valence-corrected chi connectivity index (χ0v) is 23.1. The molecule has 0 saturated heterocycles. The molecule has 3 rings (SSSR count). The van der Waals surface area contributed by atoms with E-state index < -0.39 is 66.0 Å². The topological polar surface area (TPSA) is 149 Å². The number of rotatable bonds is 8. The maximum Gasteiger partial charge on any atom is 0.573 e. The number of benzene rings is 2. The number of guanidine groups is 1. The van der Waals surface area contributed by atoms with Crippen LogP contribution in [-0.4, -0.2) is 56.7 Å². The number of aromatic nitrogens is 2. The second-order valence-electron chi connectivity index (χ2n) is 7.96. The number of halogens is 6. The molecular formula is C22H20F6N5O7S2+. The van der Waals surface area contributed by atoms with E-state index in [9.17, 15) is 43.2 Å². The lowest BCUT2D eigenvalue weighted by atomic mass is 10.3. The normalized spacial score (nSPS) is 13.2. The van der Waals surface area contributed by atoms with E-state index in [1.54, 1.807) is 4.72 Å². The Morgan fingerprint density at radius 2 is 1.24 bits per heavy atom. The van der Waals surface area contributed by atoms with Crippen molar-refractivity contribution < 1.29 is 61.6 Å². The van der Waals surface area contributed by atoms with Crippen molar-refractivity contribution in [2.24, 2.45) is 0 Å². The fourth-order valence-electron chi connectivity index (χ4n) is 3.33. The molecule has 2 N–H and O–H groups in total. The van der Waals surface area contributed by atoms with Gasteiger partial charge in [-0.05, 0) is 44.2 Å². The number of aryl methyl sites for hydroxylation is 2. The number of para-hydroxylation sites is 2. The van der Waals surface area contributed by atoms with Gasteiger partial charge in [-0.3, -0.25) is 0 Å². The van der Waals surface area contributed by atoms with Crippen LogP contribution in [0.5, 0.6) is 11.5 Å². The molecule has 1 aromatic heterocycles. The molecule has 12 nitrogen and oxygen atoms in total. The summed E-state index contributed by atoms with van der Waals surface area (Å²) in [7, 11) is -9.75. The molecule has 20 heteroatoms. The third-order valence-corrected chi connectivity index (χ3v) is 7.77. The van der Waals surface area contributed by atoms with Crippen LogP contribution in [0.3, 0.4) is 0 Å². The van der Waals surface area contributed by atoms with E-state index >= 15 is 0 Å². The highest BCUT2D eigenvalue weighted by Crippen LogP contribution is 2.31. The maximum absolute atomic E-state index is 13.6. The molecule has 0 aliphatic heterocycles. The molecule has 0 spiro atoms. The van der Waals surface area contributed by atoms with Crippen LogP contribution in [-0.2, 0) is 24.9 Å². The molecule has 42 heavy (non-hydrogen) atoms. The van der Waals surface area contributed by atoms with Gasteiger partial charge in [0.1, 0.15) is 16.9 Å². The van der Waals surface area contributed by atoms with Crippen LogP contribution in [0, 0.1) is 13.8 Å². The molecule has 1 heterocycles. The zero-order valence-electron chi connectivity index (χ0n) is 21.5. The highest BCUT2D eigenvalue weighted by atomic mass is 32.2. The number of hydrogen-bond donors (Lipinski definition) is 2. The van der Waals surface area contributed by atoms with E-state index in [1.807, 2.05) is 0 Å². The molecule has 0 aliphatic rings. The highest BCUT2D eigenvalue weighted by Gasteiger charge is 2.40. The smallest absolute Gasteiger partial charge is 0.404 e. The standard InChI is InChI=1S/C22H19F6N5O7S2/c1-13-12-14(2)30-19(29-13)31-20(32-41(34,35)17-10-6-4-8-15(17)39-21(23,24)25)33(38-3)42(36,37)18-11-7-5-9-16(18)40-22(26,27)28/h4-12H,1-3H3,(H,29,30,31,32)/p+1. The van der Waals surface area contributed by atoms with Gasteiger partial charge >= 0.3 is 38.7 Å². The first-order valence-electron chi connectivity index (χ1n) is 11.1. The van der Waals surface area contributed by atoms with Crippen molar-refractivity contribution in [1.82, 2.24) is 14.7 Å². The number of anilines is 1. The van der Waals surface area contributed by atoms with E-state index in [0.29, 0.717) is 42.8 Å². The fourth-order valence-corrected chi connectivity index (χ4v) is 5.84. The summed E-state index contributed by atoms with van der Waals surface area (Å²) >= 11 is 0. The minimum absolute atomic E-state index is 0.183. The van der Waals surface area contributed by atoms with E-state index in [0.717, 1.165) is 24.3 Å². The van der Waals surface area contributed by atoms with Crippen molar-refractivity contribution in [1.29, 1.82) is 0 Å². The number of sulfonamides is 2. The van der Waals surface area contributed by atoms with Crippen LogP contribution in [0.1, 0.15) is 11.4 Å². The first-order valence-corrected chi connectivity index (χ1v) is 14.0. The number of ether oxygens (including phenoxy) is 2. The van der Waals surface area contributed by atoms with Gasteiger partial charge < -0.3 is 14.3 Å². The second kappa shape index (κ2) is 11.9. The molecule has 0 saturated carbocycles. The van der Waals surface area contributed by atoms with E-state index in [-0.39, 0.29) is 4.14 Å². The molecule has 0 fully saturated rings. The molecule has 0 radical (unpaired) electrons. The Bertz CT molecular complexity index is 1690. The minimum Gasteiger partial charge on any atom is -0.404 e. The quantitative estimate of drug-likeness (QED) is 0.123. The Labute approximate surface area is 234 Å². The number of hydrogen-bond acceptors (Lipinski definition) is 9. The van der Waals surface area contributed by atoms with Crippen LogP contribution in [0.15, 0.2) is 64.4 Å². The van der Waals surface area contributed by atoms with Gasteiger partial charge in [-0.25, -0.2) is 15.3 Å². The molecule has 0 unspecified atom stereocenters. The lowest BCUT2D eigenvalue weighted by Crippen LogP contribution is -2.45. The molecule has 0 atom stereocenters. The van der Waals surface area contributed by atoms with Crippen molar-refractivity contribution in [2.75, 3.05) is 12.4 Å². The monoisotopic (exact) mass is 644 g/mol. The van der Waals surface area contributed by atoms with Crippen LogP contribution in [0.2, 0.25) is 0 Å². The van der Waals surface area contributed by atoms with Gasteiger partial charge in [-0.15, -0.1) is 26.3 Å². The lowest BCUT2D eigenvalue weighted by molar-refractivity contribution is -0.667. The predicted octanol–water partition coefficient (Wildman–Crippen LogP) is 3.60. The van der Waals surface area contributed by atoms with Gasteiger partial charge in [0.25, 0.3) is 5.95 Å². The van der Waals surface area contributed by atoms with Crippen molar-refractivity contribution >= 4 is 32.0 Å². The van der Waals surface area contributed by atoms with Crippen molar-refractivity contribution in [3.8, 4) is 11.5 Å². The average Bonchev–Trinajstić information content (AvgIpc) is 2.82. The number of nitrogens with zero attached hydrogens (tertiary/aromatic N) is 3. The first-order chi connectivity index (χ1) is 19.3. The molecule has 0 bridgehead atoms. The number of nitrogens with one attached hydrogen (secondary N) is 2. The summed E-state index contributed by atoms with van der Waals surface area (Å²) in [6, 6.07) is 8.42. The summed E-state index contributed by atoms with van der Waals surface area (Å²) in [4.78, 5) is 10.6. The molecule has 2 aromatic carbocycles. The summed E-state index contributed by atoms with van der Waals surface area (Å²) in [5.74, 6) is -4.00. The lowest BCUT2D eigenvalue weighted by Gasteiger charge is -2.16. The highest BCUT2D eigenvalue weighted by molar-refractivity contribution is 7.90. The molecule has 3 aromatic rings. The predicted molar refractivity (Wildman–Crippen MR) is 131 cm³/mol. The number of alkyl halides is 6. The van der Waals surface area contributed by atoms with Crippen LogP contribution in [0.25, 0.3) is 0 Å². The van der Waals surface area contributed by atoms with Gasteiger partial charge in [-0.1, -0.05) is 24.3 Å². The summed E-state index contributed by atoms with van der Waals surface area (Å²) in [6.45, 7) is 3.01. The second-order valence-corrected chi connectivity index (χ2v) is 11.3. The van der Waals surface area contributed by atoms with E-state index in [2.05, 4.69) is 24.8 Å². The van der Waals surface area contributed by atoms with Crippen LogP contribution >= 0.6 is 0 Å². The van der Waals surface area contributed by atoms with E-state index in [1.165, 1.54) is 19.9 Å². The Morgan fingerprint density at radius 3 is 1.71 bits per heavy atom. The average molecular weight is 645 g/mol. The van der Waals surface area contributed by atoms with Crippen molar-refractivity contribution in [3.63, 3.8) is 0 Å². The van der Waals surface area contributed by atoms with Gasteiger partial charge in [0.2, 0.25) is 0 Å². The van der Waals surface area contributed by atoms with Gasteiger partial charge in [0.05, 0.1) is 0 Å². The summed E-state index contributed by atoms with van der Waals surface area (Å²) in [6.07, 6.45) is -10.6. The Hall–Kier alpha value is -4.33. The Balaban J connectivity index is 2.26. The zero-order chi connectivity index (χ0) is 31.5. The Morgan fingerprint density at radius 1 is 0.786 bits per heavy atom. The van der Waals surface area contributed by atoms with Gasteiger partial charge in [0, 0.05) is 15.5 Å². The summed E-state index contributed by atoms with van der Waals surface area (Å²) in [5.41, 5.74) is 0.624. The molecule has 0 aliphatic carbocycles. The third kappa shape index (κ3) is 8.12. The SMILES string of the molecule is CO[N+](=C(Nc1nc(C)cc(C)n1)NS(=O)(=O)c1ccccc1OC(F)(F)F)S(=O)(=O)c1ccccc1OC(F)(F)F. The summed E-state index contributed by atoms with van der Waals surface area (Å²) in [5, 5.41) is 2.25. The molecule has 228 valence electrons. The summed E-state index contributed by atoms with van der Waals surface area (Å²) < 4.78 is 141. The molecular weight excluding hydrogens is 624 g/mol. The van der Waals surface area contributed by atoms with Crippen LogP contribution in [0.4, 0.5) is 32.3 Å². The third-order valence-electron chi connectivity index (χ3n) is 4.73. The van der Waals surface area contributed by atoms with Crippen molar-refractivity contribution in [3.05, 3.63) is 66.0 Å².